The van der Waals surface area contributed by atoms with E-state index < -0.39 is 0 Å². The number of hydrogen-bond acceptors (Lipinski definition) is 2. The van der Waals surface area contributed by atoms with Crippen molar-refractivity contribution in [2.75, 3.05) is 5.75 Å². The Morgan fingerprint density at radius 2 is 1.19 bits per heavy atom. The Bertz CT molecular complexity index is 473. The van der Waals surface area contributed by atoms with Crippen LogP contribution < -0.4 is 0 Å². The molecule has 0 atom stereocenters. The van der Waals surface area contributed by atoms with Crippen molar-refractivity contribution in [3.63, 3.8) is 0 Å². The van der Waals surface area contributed by atoms with Crippen LogP contribution in [0, 0.1) is 0 Å². The zero-order chi connectivity index (χ0) is 18.0. The van der Waals surface area contributed by atoms with E-state index in [-0.39, 0.29) is 22.2 Å². The van der Waals surface area contributed by atoms with Gasteiger partial charge in [-0.15, -0.1) is 0 Å². The summed E-state index contributed by atoms with van der Waals surface area (Å²) in [5, 5.41) is 0.256. The van der Waals surface area contributed by atoms with Gasteiger partial charge in [0.15, 0.2) is 5.12 Å². The molecule has 2 aromatic rings. The number of carbonyl (C=O) groups excluding carboxylic acids is 1. The Morgan fingerprint density at radius 1 is 0.769 bits per heavy atom. The minimum absolute atomic E-state index is 0. The van der Waals surface area contributed by atoms with Gasteiger partial charge in [-0.25, -0.2) is 12.1 Å². The van der Waals surface area contributed by atoms with Crippen molar-refractivity contribution in [1.82, 2.24) is 0 Å². The van der Waals surface area contributed by atoms with Crippen molar-refractivity contribution in [2.45, 2.75) is 71.1 Å². The topological polar surface area (TPSA) is 17.1 Å². The van der Waals surface area contributed by atoms with Crippen molar-refractivity contribution < 1.29 is 21.9 Å². The molecule has 0 radical (unpaired) electrons. The van der Waals surface area contributed by atoms with Crippen LogP contribution in [0.3, 0.4) is 0 Å². The van der Waals surface area contributed by atoms with Crippen LogP contribution >= 0.6 is 11.8 Å². The van der Waals surface area contributed by atoms with Crippen LogP contribution in [0.25, 0.3) is 0 Å². The molecular formula is C23H34FeOS-6. The molecule has 0 fully saturated rings. The summed E-state index contributed by atoms with van der Waals surface area (Å²) >= 11 is 1.47. The summed E-state index contributed by atoms with van der Waals surface area (Å²) in [4.78, 5) is 10.7. The Morgan fingerprint density at radius 3 is 1.65 bits per heavy atom. The van der Waals surface area contributed by atoms with Gasteiger partial charge < -0.3 is 30.3 Å². The molecule has 3 heteroatoms. The minimum Gasteiger partial charge on any atom is -0.748 e. The van der Waals surface area contributed by atoms with E-state index >= 15 is 0 Å². The molecule has 0 aliphatic carbocycles. The van der Waals surface area contributed by atoms with E-state index in [4.69, 9.17) is 0 Å². The smallest absolute Gasteiger partial charge is 0.185 e. The van der Waals surface area contributed by atoms with Crippen LogP contribution in [0.15, 0.2) is 54.6 Å². The SMILES string of the molecule is CC(=O)SCCCCCCCCCCC[c-]1cccc1.[Fe].[cH-]1[cH-][cH-][cH-][cH-]1. The van der Waals surface area contributed by atoms with Crippen molar-refractivity contribution >= 4 is 16.9 Å². The van der Waals surface area contributed by atoms with E-state index in [2.05, 4.69) is 24.3 Å². The van der Waals surface area contributed by atoms with Gasteiger partial charge in [-0.1, -0.05) is 69.5 Å². The van der Waals surface area contributed by atoms with Crippen molar-refractivity contribution in [1.29, 1.82) is 0 Å². The standard InChI is InChI=1S/C18H29OS.C5H5.Fe/c1-17(19)20-16-12-8-6-4-2-3-5-7-9-13-18-14-10-11-15-18;1-2-4-5-3-1;/h10-11,14-15H,2-9,12-13,16H2,1H3;1-5H;/q-1;-5;. The molecule has 0 saturated carbocycles. The molecule has 0 bridgehead atoms. The zero-order valence-electron chi connectivity index (χ0n) is 16.1. The molecule has 152 valence electrons. The van der Waals surface area contributed by atoms with Crippen molar-refractivity contribution in [2.24, 2.45) is 0 Å². The third-order valence-electron chi connectivity index (χ3n) is 4.20. The second kappa shape index (κ2) is 19.0. The fourth-order valence-electron chi connectivity index (χ4n) is 2.79. The van der Waals surface area contributed by atoms with Crippen LogP contribution in [0.1, 0.15) is 70.3 Å². The molecule has 0 spiro atoms. The summed E-state index contributed by atoms with van der Waals surface area (Å²) < 4.78 is 0. The quantitative estimate of drug-likeness (QED) is 0.209. The Labute approximate surface area is 175 Å². The molecule has 2 rings (SSSR count). The molecule has 0 N–H and O–H groups in total. The van der Waals surface area contributed by atoms with Gasteiger partial charge in [-0.05, 0) is 6.42 Å². The number of thioether (sulfide) groups is 1. The molecule has 0 unspecified atom stereocenters. The van der Waals surface area contributed by atoms with Gasteiger partial charge in [-0.2, -0.15) is 17.7 Å². The molecule has 0 aliphatic rings. The second-order valence-electron chi connectivity index (χ2n) is 6.53. The van der Waals surface area contributed by atoms with Gasteiger partial charge in [0.05, 0.1) is 0 Å². The predicted octanol–water partition coefficient (Wildman–Crippen LogP) is 7.14. The van der Waals surface area contributed by atoms with E-state index in [1.807, 2.05) is 30.3 Å². The largest absolute Gasteiger partial charge is 0.748 e. The van der Waals surface area contributed by atoms with Gasteiger partial charge in [0, 0.05) is 29.7 Å². The van der Waals surface area contributed by atoms with Crippen LogP contribution in [-0.4, -0.2) is 10.9 Å². The maximum absolute atomic E-state index is 10.7. The molecule has 0 amide bonds. The van der Waals surface area contributed by atoms with E-state index in [9.17, 15) is 4.79 Å². The van der Waals surface area contributed by atoms with Gasteiger partial charge in [0.25, 0.3) is 0 Å². The first-order chi connectivity index (χ1) is 12.3. The maximum atomic E-state index is 10.7. The summed E-state index contributed by atoms with van der Waals surface area (Å²) in [6, 6.07) is 18.7. The van der Waals surface area contributed by atoms with Crippen LogP contribution in [0.2, 0.25) is 0 Å². The van der Waals surface area contributed by atoms with Crippen LogP contribution in [-0.2, 0) is 28.3 Å². The number of aryl methyl sites for hydroxylation is 1. The number of rotatable bonds is 12. The number of unbranched alkanes of at least 4 members (excludes halogenated alkanes) is 8. The van der Waals surface area contributed by atoms with E-state index in [1.165, 1.54) is 81.5 Å². The van der Waals surface area contributed by atoms with Gasteiger partial charge in [0.1, 0.15) is 0 Å². The molecule has 0 heterocycles. The van der Waals surface area contributed by atoms with Crippen molar-refractivity contribution in [3.05, 3.63) is 60.2 Å². The fraction of sp³-hybridized carbons (Fsp3) is 0.522. The van der Waals surface area contributed by atoms with Gasteiger partial charge in [0.2, 0.25) is 0 Å². The molecule has 1 nitrogen and oxygen atoms in total. The van der Waals surface area contributed by atoms with Gasteiger partial charge >= 0.3 is 0 Å². The zero-order valence-corrected chi connectivity index (χ0v) is 18.1. The Hall–Kier alpha value is -0.761. The van der Waals surface area contributed by atoms with Gasteiger partial charge in [-0.3, -0.25) is 4.79 Å². The molecule has 26 heavy (non-hydrogen) atoms. The summed E-state index contributed by atoms with van der Waals surface area (Å²) in [5.74, 6) is 1.01. The molecule has 0 aromatic heterocycles. The van der Waals surface area contributed by atoms with Crippen LogP contribution in [0.4, 0.5) is 0 Å². The summed E-state index contributed by atoms with van der Waals surface area (Å²) in [6.45, 7) is 1.66. The third-order valence-corrected chi connectivity index (χ3v) is 5.10. The first kappa shape index (κ1) is 25.2. The number of carbonyl (C=O) groups is 1. The summed E-state index contributed by atoms with van der Waals surface area (Å²) in [7, 11) is 0. The van der Waals surface area contributed by atoms with Crippen LogP contribution in [0.5, 0.6) is 0 Å². The van der Waals surface area contributed by atoms with Crippen molar-refractivity contribution in [3.8, 4) is 0 Å². The molecular weight excluding hydrogens is 380 g/mol. The first-order valence-corrected chi connectivity index (χ1v) is 10.8. The molecule has 0 aliphatic heterocycles. The fourth-order valence-corrected chi connectivity index (χ4v) is 3.42. The summed E-state index contributed by atoms with van der Waals surface area (Å²) in [5.41, 5.74) is 1.49. The Kier molecular flexibility index (Phi) is 18.5. The Balaban J connectivity index is 0.000000893. The maximum Gasteiger partial charge on any atom is 0.185 e. The second-order valence-corrected chi connectivity index (χ2v) is 7.80. The average Bonchev–Trinajstić information content (AvgIpc) is 3.32. The number of hydrogen-bond donors (Lipinski definition) is 0. The first-order valence-electron chi connectivity index (χ1n) is 9.79. The minimum atomic E-state index is 0. The molecule has 0 saturated heterocycles. The average molecular weight is 414 g/mol. The third kappa shape index (κ3) is 16.7. The predicted molar refractivity (Wildman–Crippen MR) is 112 cm³/mol. The van der Waals surface area contributed by atoms with E-state index in [1.54, 1.807) is 6.92 Å². The van der Waals surface area contributed by atoms with E-state index in [0.29, 0.717) is 0 Å². The molecule has 2 aromatic carbocycles. The monoisotopic (exact) mass is 414 g/mol. The van der Waals surface area contributed by atoms with E-state index in [0.717, 1.165) is 5.75 Å². The summed E-state index contributed by atoms with van der Waals surface area (Å²) in [6.07, 6.45) is 13.3. The normalized spacial score (nSPS) is 9.88.